The summed E-state index contributed by atoms with van der Waals surface area (Å²) in [6, 6.07) is 6.75. The second kappa shape index (κ2) is 13.1. The van der Waals surface area contributed by atoms with Gasteiger partial charge >= 0.3 is 6.01 Å². The van der Waals surface area contributed by atoms with E-state index in [-0.39, 0.29) is 64.6 Å². The predicted octanol–water partition coefficient (Wildman–Crippen LogP) is 6.05. The maximum Gasteiger partial charge on any atom is 0.319 e. The number of aromatic hydroxyl groups is 1. The normalized spacial score (nSPS) is 20.1. The van der Waals surface area contributed by atoms with Gasteiger partial charge in [0.25, 0.3) is 5.91 Å². The van der Waals surface area contributed by atoms with Crippen molar-refractivity contribution in [2.75, 3.05) is 45.2 Å². The van der Waals surface area contributed by atoms with Crippen molar-refractivity contribution >= 4 is 38.9 Å². The van der Waals surface area contributed by atoms with Gasteiger partial charge in [0, 0.05) is 56.5 Å². The van der Waals surface area contributed by atoms with Gasteiger partial charge in [0.05, 0.1) is 34.9 Å². The van der Waals surface area contributed by atoms with Crippen molar-refractivity contribution in [1.29, 1.82) is 0 Å². The molecule has 4 aromatic heterocycles. The van der Waals surface area contributed by atoms with Crippen molar-refractivity contribution in [1.82, 2.24) is 39.2 Å². The summed E-state index contributed by atoms with van der Waals surface area (Å²) in [4.78, 5) is 28.0. The monoisotopic (exact) mass is 757 g/mol. The van der Waals surface area contributed by atoms with Crippen LogP contribution < -0.4 is 9.64 Å². The smallest absolute Gasteiger partial charge is 0.319 e. The fourth-order valence-corrected chi connectivity index (χ4v) is 8.91. The number of ether oxygens (including phenoxy) is 1. The standard InChI is InChI=1S/C39H39F4N9O3/c1-4-23-26(41)8-7-24-30(23)25(16-29(53)32(24)42)35-33(43)34-31(28-9-11-44-52(28)35)36(46-38(45-34)55-20-39-10-5-13-50(39)18-21(40)17-39)49-12-6-14-51-22(19-49)15-27(47-51)37(54)48(2)3/h7-9,11,15-16,21,53H,4-6,10,12-14,17-20H2,1-3H3. The highest BCUT2D eigenvalue weighted by Crippen LogP contribution is 2.44. The first kappa shape index (κ1) is 35.2. The number of hydrogen-bond donors (Lipinski definition) is 1. The average Bonchev–Trinajstić information content (AvgIpc) is 3.93. The Morgan fingerprint density at radius 3 is 2.69 bits per heavy atom. The zero-order valence-corrected chi connectivity index (χ0v) is 30.6. The van der Waals surface area contributed by atoms with Crippen LogP contribution in [0.3, 0.4) is 0 Å². The number of amides is 1. The molecule has 9 rings (SSSR count). The Kier molecular flexibility index (Phi) is 8.36. The van der Waals surface area contributed by atoms with E-state index in [9.17, 15) is 14.3 Å². The molecule has 286 valence electrons. The molecule has 3 aliphatic heterocycles. The van der Waals surface area contributed by atoms with E-state index in [1.54, 1.807) is 37.8 Å². The lowest BCUT2D eigenvalue weighted by molar-refractivity contribution is 0.0821. The zero-order valence-electron chi connectivity index (χ0n) is 30.6. The molecule has 3 aliphatic rings. The minimum atomic E-state index is -0.988. The van der Waals surface area contributed by atoms with Crippen LogP contribution in [0.15, 0.2) is 36.5 Å². The number of carbonyl (C=O) groups is 1. The van der Waals surface area contributed by atoms with Crippen molar-refractivity contribution in [3.05, 3.63) is 70.9 Å². The largest absolute Gasteiger partial charge is 0.505 e. The number of nitrogens with zero attached hydrogens (tertiary/aromatic N) is 9. The number of fused-ring (bicyclic) bond motifs is 6. The average molecular weight is 758 g/mol. The Hall–Kier alpha value is -5.51. The van der Waals surface area contributed by atoms with Crippen LogP contribution in [0.5, 0.6) is 11.8 Å². The first-order chi connectivity index (χ1) is 26.5. The Balaban J connectivity index is 1.27. The first-order valence-electron chi connectivity index (χ1n) is 18.5. The maximum atomic E-state index is 17.7. The number of pyridine rings is 1. The number of hydrogen-bond acceptors (Lipinski definition) is 9. The topological polar surface area (TPSA) is 117 Å². The van der Waals surface area contributed by atoms with Gasteiger partial charge < -0.3 is 19.6 Å². The summed E-state index contributed by atoms with van der Waals surface area (Å²) in [5, 5.41) is 20.2. The molecule has 2 unspecified atom stereocenters. The van der Waals surface area contributed by atoms with Gasteiger partial charge in [-0.2, -0.15) is 20.2 Å². The number of alkyl halides is 1. The van der Waals surface area contributed by atoms with E-state index < -0.39 is 34.9 Å². The molecule has 2 saturated heterocycles. The summed E-state index contributed by atoms with van der Waals surface area (Å²) in [7, 11) is 3.32. The maximum absolute atomic E-state index is 17.7. The molecule has 0 saturated carbocycles. The number of benzene rings is 2. The highest BCUT2D eigenvalue weighted by Gasteiger charge is 2.49. The lowest BCUT2D eigenvalue weighted by Gasteiger charge is -2.31. The molecule has 12 nitrogen and oxygen atoms in total. The summed E-state index contributed by atoms with van der Waals surface area (Å²) in [6.45, 7) is 4.15. The number of aryl methyl sites for hydroxylation is 2. The minimum Gasteiger partial charge on any atom is -0.505 e. The van der Waals surface area contributed by atoms with Crippen molar-refractivity contribution in [2.24, 2.45) is 0 Å². The summed E-state index contributed by atoms with van der Waals surface area (Å²) < 4.78 is 72.6. The first-order valence-corrected chi connectivity index (χ1v) is 18.5. The minimum absolute atomic E-state index is 0.0261. The summed E-state index contributed by atoms with van der Waals surface area (Å²) >= 11 is 0. The van der Waals surface area contributed by atoms with Crippen LogP contribution in [-0.2, 0) is 19.5 Å². The molecular formula is C39H39F4N9O3. The Morgan fingerprint density at radius 2 is 1.89 bits per heavy atom. The molecule has 0 bridgehead atoms. The van der Waals surface area contributed by atoms with E-state index in [0.29, 0.717) is 54.9 Å². The second-order valence-electron chi connectivity index (χ2n) is 15.0. The number of anilines is 1. The molecule has 0 radical (unpaired) electrons. The van der Waals surface area contributed by atoms with Crippen LogP contribution in [0.1, 0.15) is 54.4 Å². The Bertz CT molecular complexity index is 2540. The Labute approximate surface area is 312 Å². The molecule has 1 N–H and O–H groups in total. The molecule has 2 fully saturated rings. The van der Waals surface area contributed by atoms with Gasteiger partial charge in [0.2, 0.25) is 0 Å². The number of phenols is 1. The van der Waals surface area contributed by atoms with Crippen molar-refractivity contribution in [3.63, 3.8) is 0 Å². The van der Waals surface area contributed by atoms with Gasteiger partial charge in [0.15, 0.2) is 23.1 Å². The van der Waals surface area contributed by atoms with Crippen molar-refractivity contribution in [3.8, 4) is 23.0 Å². The third-order valence-corrected chi connectivity index (χ3v) is 11.4. The molecule has 0 aliphatic carbocycles. The third kappa shape index (κ3) is 5.54. The SMILES string of the molecule is CCc1c(F)ccc2c(F)c(O)cc(-c3c(F)c4nc(OCC56CCCN5CC(F)C6)nc(N5CCCn6nc(C(=O)N(C)C)cc6C5)c4c4ccnn34)c12. The molecule has 7 heterocycles. The summed E-state index contributed by atoms with van der Waals surface area (Å²) in [5.74, 6) is -3.06. The molecule has 2 atom stereocenters. The molecule has 16 heteroatoms. The molecule has 2 aromatic carbocycles. The fourth-order valence-electron chi connectivity index (χ4n) is 8.91. The van der Waals surface area contributed by atoms with Gasteiger partial charge in [-0.3, -0.25) is 14.4 Å². The van der Waals surface area contributed by atoms with E-state index in [1.165, 1.54) is 21.7 Å². The highest BCUT2D eigenvalue weighted by molar-refractivity contribution is 6.07. The van der Waals surface area contributed by atoms with E-state index >= 15 is 13.2 Å². The van der Waals surface area contributed by atoms with Crippen LogP contribution in [0, 0.1) is 17.5 Å². The van der Waals surface area contributed by atoms with E-state index in [2.05, 4.69) is 20.1 Å². The summed E-state index contributed by atoms with van der Waals surface area (Å²) in [6.07, 6.45) is 3.22. The summed E-state index contributed by atoms with van der Waals surface area (Å²) in [5.41, 5.74) is 0.791. The lowest BCUT2D eigenvalue weighted by atomic mass is 9.93. The number of phenolic OH excluding ortho intramolecular Hbond substituents is 1. The van der Waals surface area contributed by atoms with Gasteiger partial charge in [-0.15, -0.1) is 0 Å². The highest BCUT2D eigenvalue weighted by atomic mass is 19.1. The van der Waals surface area contributed by atoms with Gasteiger partial charge in [0.1, 0.15) is 35.6 Å². The van der Waals surface area contributed by atoms with Crippen LogP contribution in [-0.4, -0.2) is 102 Å². The fraction of sp³-hybridized carbons (Fsp3) is 0.410. The third-order valence-electron chi connectivity index (χ3n) is 11.4. The molecule has 55 heavy (non-hydrogen) atoms. The van der Waals surface area contributed by atoms with Crippen molar-refractivity contribution in [2.45, 2.75) is 63.8 Å². The van der Waals surface area contributed by atoms with Crippen LogP contribution in [0.25, 0.3) is 38.4 Å². The van der Waals surface area contributed by atoms with E-state index in [4.69, 9.17) is 9.72 Å². The molecule has 0 spiro atoms. The molecule has 1 amide bonds. The number of carbonyl (C=O) groups excluding carboxylic acids is 1. The van der Waals surface area contributed by atoms with E-state index in [1.807, 2.05) is 4.90 Å². The lowest BCUT2D eigenvalue weighted by Crippen LogP contribution is -2.43. The molecular weight excluding hydrogens is 718 g/mol. The predicted molar refractivity (Wildman–Crippen MR) is 197 cm³/mol. The number of aromatic nitrogens is 6. The second-order valence-corrected chi connectivity index (χ2v) is 15.0. The van der Waals surface area contributed by atoms with E-state index in [0.717, 1.165) is 37.2 Å². The quantitative estimate of drug-likeness (QED) is 0.195. The molecule has 6 aromatic rings. The van der Waals surface area contributed by atoms with Crippen LogP contribution in [0.2, 0.25) is 0 Å². The van der Waals surface area contributed by atoms with Gasteiger partial charge in [-0.25, -0.2) is 22.1 Å². The van der Waals surface area contributed by atoms with Gasteiger partial charge in [-0.05, 0) is 68.1 Å². The van der Waals surface area contributed by atoms with Crippen molar-refractivity contribution < 1.29 is 32.2 Å². The zero-order chi connectivity index (χ0) is 38.3. The number of rotatable bonds is 7. The van der Waals surface area contributed by atoms with Gasteiger partial charge in [-0.1, -0.05) is 6.92 Å². The van der Waals surface area contributed by atoms with Crippen LogP contribution in [0.4, 0.5) is 23.4 Å². The Morgan fingerprint density at radius 1 is 1.05 bits per heavy atom. The number of halogens is 4. The van der Waals surface area contributed by atoms with Crippen LogP contribution >= 0.6 is 0 Å².